The lowest BCUT2D eigenvalue weighted by Gasteiger charge is -1.84. The maximum atomic E-state index is 4.29. The summed E-state index contributed by atoms with van der Waals surface area (Å²) in [6, 6.07) is 0. The van der Waals surface area contributed by atoms with Crippen LogP contribution >= 0.6 is 27.3 Å². The average Bonchev–Trinajstić information content (AvgIpc) is 2.17. The fourth-order valence-corrected chi connectivity index (χ4v) is 2.01. The largest absolute Gasteiger partial charge is 0.247 e. The van der Waals surface area contributed by atoms with E-state index in [2.05, 4.69) is 26.3 Å². The van der Waals surface area contributed by atoms with Gasteiger partial charge in [0.2, 0.25) is 0 Å². The topological polar surface area (TPSA) is 12.9 Å². The molecule has 0 saturated heterocycles. The number of halogens is 1. The van der Waals surface area contributed by atoms with Crippen LogP contribution in [0.2, 0.25) is 0 Å². The van der Waals surface area contributed by atoms with Crippen LogP contribution in [0.15, 0.2) is 5.38 Å². The number of rotatable bonds is 2. The van der Waals surface area contributed by atoms with Gasteiger partial charge in [-0.05, 0) is 6.92 Å². The number of nitrogens with zero attached hydrogens (tertiary/aromatic N) is 1. The third-order valence-electron chi connectivity index (χ3n) is 0.975. The van der Waals surface area contributed by atoms with E-state index < -0.39 is 0 Å². The highest BCUT2D eigenvalue weighted by Crippen LogP contribution is 2.09. The average molecular weight is 206 g/mol. The predicted octanol–water partition coefficient (Wildman–Crippen LogP) is 2.39. The molecule has 0 atom stereocenters. The lowest BCUT2D eigenvalue weighted by Crippen LogP contribution is -1.82. The molecule has 1 rings (SSSR count). The summed E-state index contributed by atoms with van der Waals surface area (Å²) in [7, 11) is 0. The van der Waals surface area contributed by atoms with Crippen LogP contribution in [0.3, 0.4) is 0 Å². The molecule has 1 aromatic rings. The normalized spacial score (nSPS) is 10.0. The van der Waals surface area contributed by atoms with E-state index in [-0.39, 0.29) is 0 Å². The van der Waals surface area contributed by atoms with E-state index in [4.69, 9.17) is 0 Å². The summed E-state index contributed by atoms with van der Waals surface area (Å²) in [5.41, 5.74) is 1.14. The number of aryl methyl sites for hydroxylation is 2. The smallest absolute Gasteiger partial charge is 0.0936 e. The van der Waals surface area contributed by atoms with Gasteiger partial charge in [-0.25, -0.2) is 4.98 Å². The Hall–Kier alpha value is 0.110. The Morgan fingerprint density at radius 1 is 1.78 bits per heavy atom. The van der Waals surface area contributed by atoms with Crippen LogP contribution in [0.25, 0.3) is 0 Å². The van der Waals surface area contributed by atoms with Crippen LogP contribution in [0.4, 0.5) is 0 Å². The van der Waals surface area contributed by atoms with Crippen LogP contribution in [-0.2, 0) is 6.42 Å². The quantitative estimate of drug-likeness (QED) is 0.677. The Balaban J connectivity index is 2.61. The van der Waals surface area contributed by atoms with Gasteiger partial charge in [-0.1, -0.05) is 15.9 Å². The molecule has 0 saturated carbocycles. The summed E-state index contributed by atoms with van der Waals surface area (Å²) < 4.78 is 0. The third kappa shape index (κ3) is 2.06. The van der Waals surface area contributed by atoms with Gasteiger partial charge in [0.15, 0.2) is 0 Å². The van der Waals surface area contributed by atoms with Gasteiger partial charge in [0.25, 0.3) is 0 Å². The molecule has 0 bridgehead atoms. The van der Waals surface area contributed by atoms with Crippen molar-refractivity contribution in [3.63, 3.8) is 0 Å². The minimum absolute atomic E-state index is 1.01. The standard InChI is InChI=1S/C6H8BrNS/c1-5-4-9-6(8-5)2-3-7/h4H,2-3H2,1H3. The zero-order chi connectivity index (χ0) is 6.69. The summed E-state index contributed by atoms with van der Waals surface area (Å²) in [4.78, 5) is 4.29. The molecule has 0 aromatic carbocycles. The molecule has 0 aliphatic heterocycles. The van der Waals surface area contributed by atoms with Crippen molar-refractivity contribution in [2.24, 2.45) is 0 Å². The first-order valence-corrected chi connectivity index (χ1v) is 4.80. The lowest BCUT2D eigenvalue weighted by atomic mass is 10.5. The van der Waals surface area contributed by atoms with Crippen LogP contribution in [-0.4, -0.2) is 10.3 Å². The van der Waals surface area contributed by atoms with E-state index in [9.17, 15) is 0 Å². The first-order chi connectivity index (χ1) is 4.33. The fraction of sp³-hybridized carbons (Fsp3) is 0.500. The molecule has 0 spiro atoms. The van der Waals surface area contributed by atoms with Gasteiger partial charge in [0, 0.05) is 22.8 Å². The van der Waals surface area contributed by atoms with Gasteiger partial charge >= 0.3 is 0 Å². The monoisotopic (exact) mass is 205 g/mol. The molecular formula is C6H8BrNS. The van der Waals surface area contributed by atoms with Crippen molar-refractivity contribution < 1.29 is 0 Å². The molecule has 3 heteroatoms. The van der Waals surface area contributed by atoms with E-state index in [1.165, 1.54) is 5.01 Å². The summed E-state index contributed by atoms with van der Waals surface area (Å²) in [5.74, 6) is 0. The molecule has 0 N–H and O–H groups in total. The van der Waals surface area contributed by atoms with Crippen LogP contribution in [0.1, 0.15) is 10.7 Å². The van der Waals surface area contributed by atoms with Gasteiger partial charge < -0.3 is 0 Å². The van der Waals surface area contributed by atoms with E-state index in [0.29, 0.717) is 0 Å². The van der Waals surface area contributed by atoms with Gasteiger partial charge in [0.05, 0.1) is 5.01 Å². The molecular weight excluding hydrogens is 198 g/mol. The van der Waals surface area contributed by atoms with E-state index in [1.807, 2.05) is 6.92 Å². The molecule has 0 radical (unpaired) electrons. The number of aromatic nitrogens is 1. The molecule has 0 aliphatic rings. The van der Waals surface area contributed by atoms with Crippen LogP contribution in [0, 0.1) is 6.92 Å². The molecule has 0 unspecified atom stereocenters. The summed E-state index contributed by atoms with van der Waals surface area (Å²) in [6.07, 6.45) is 1.05. The molecule has 1 nitrogen and oxygen atoms in total. The van der Waals surface area contributed by atoms with Crippen LogP contribution < -0.4 is 0 Å². The van der Waals surface area contributed by atoms with Crippen molar-refractivity contribution in [1.29, 1.82) is 0 Å². The maximum absolute atomic E-state index is 4.29. The fourth-order valence-electron chi connectivity index (χ4n) is 0.598. The van der Waals surface area contributed by atoms with Crippen molar-refractivity contribution in [2.45, 2.75) is 13.3 Å². The van der Waals surface area contributed by atoms with Crippen molar-refractivity contribution in [1.82, 2.24) is 4.98 Å². The van der Waals surface area contributed by atoms with E-state index in [0.717, 1.165) is 17.4 Å². The zero-order valence-corrected chi connectivity index (χ0v) is 7.63. The second-order valence-corrected chi connectivity index (χ2v) is 3.56. The Morgan fingerprint density at radius 3 is 3.00 bits per heavy atom. The Labute approximate surface area is 67.3 Å². The van der Waals surface area contributed by atoms with Crippen molar-refractivity contribution in [3.05, 3.63) is 16.1 Å². The van der Waals surface area contributed by atoms with Gasteiger partial charge in [-0.2, -0.15) is 0 Å². The highest BCUT2D eigenvalue weighted by molar-refractivity contribution is 9.09. The van der Waals surface area contributed by atoms with E-state index in [1.54, 1.807) is 11.3 Å². The highest BCUT2D eigenvalue weighted by atomic mass is 79.9. The summed E-state index contributed by atoms with van der Waals surface area (Å²) in [5, 5.41) is 4.32. The number of hydrogen-bond acceptors (Lipinski definition) is 2. The maximum Gasteiger partial charge on any atom is 0.0936 e. The van der Waals surface area contributed by atoms with E-state index >= 15 is 0 Å². The second kappa shape index (κ2) is 3.32. The molecule has 0 amide bonds. The van der Waals surface area contributed by atoms with Crippen molar-refractivity contribution >= 4 is 27.3 Å². The van der Waals surface area contributed by atoms with Gasteiger partial charge in [-0.15, -0.1) is 11.3 Å². The first-order valence-electron chi connectivity index (χ1n) is 2.80. The second-order valence-electron chi connectivity index (χ2n) is 1.82. The predicted molar refractivity (Wildman–Crippen MR) is 44.3 cm³/mol. The Morgan fingerprint density at radius 2 is 2.56 bits per heavy atom. The summed E-state index contributed by atoms with van der Waals surface area (Å²) in [6.45, 7) is 2.02. The highest BCUT2D eigenvalue weighted by Gasteiger charge is 1.94. The van der Waals surface area contributed by atoms with Crippen LogP contribution in [0.5, 0.6) is 0 Å². The minimum Gasteiger partial charge on any atom is -0.247 e. The van der Waals surface area contributed by atoms with Gasteiger partial charge in [-0.3, -0.25) is 0 Å². The van der Waals surface area contributed by atoms with Crippen molar-refractivity contribution in [3.8, 4) is 0 Å². The third-order valence-corrected chi connectivity index (χ3v) is 2.40. The number of alkyl halides is 1. The Kier molecular flexibility index (Phi) is 2.66. The summed E-state index contributed by atoms with van der Waals surface area (Å²) >= 11 is 5.10. The molecule has 50 valence electrons. The Bertz CT molecular complexity index is 185. The molecule has 0 aliphatic carbocycles. The molecule has 1 heterocycles. The molecule has 0 fully saturated rings. The number of hydrogen-bond donors (Lipinski definition) is 0. The molecule has 1 aromatic heterocycles. The molecule has 9 heavy (non-hydrogen) atoms. The minimum atomic E-state index is 1.01. The number of thiazole rings is 1. The zero-order valence-electron chi connectivity index (χ0n) is 5.22. The van der Waals surface area contributed by atoms with Gasteiger partial charge in [0.1, 0.15) is 0 Å². The SMILES string of the molecule is Cc1csc(CCBr)n1. The van der Waals surface area contributed by atoms with Crippen molar-refractivity contribution in [2.75, 3.05) is 5.33 Å². The lowest BCUT2D eigenvalue weighted by molar-refractivity contribution is 1.08. The first kappa shape index (κ1) is 7.22.